The summed E-state index contributed by atoms with van der Waals surface area (Å²) in [6.07, 6.45) is 5.43. The quantitative estimate of drug-likeness (QED) is 0.440. The molecule has 0 aliphatic carbocycles. The molecule has 1 amide bonds. The molecule has 7 nitrogen and oxygen atoms in total. The number of carbonyl (C=O) groups excluding carboxylic acids is 1. The first-order valence-corrected chi connectivity index (χ1v) is 10.8. The van der Waals surface area contributed by atoms with Gasteiger partial charge < -0.3 is 10.6 Å². The second-order valence-electron chi connectivity index (χ2n) is 7.96. The van der Waals surface area contributed by atoms with Crippen LogP contribution in [0.4, 0.5) is 10.2 Å². The van der Waals surface area contributed by atoms with Crippen LogP contribution >= 0.6 is 0 Å². The summed E-state index contributed by atoms with van der Waals surface area (Å²) >= 11 is 0. The molecule has 4 rings (SSSR count). The lowest BCUT2D eigenvalue weighted by molar-refractivity contribution is 0.0964. The summed E-state index contributed by atoms with van der Waals surface area (Å²) < 4.78 is 14.5. The Hall–Kier alpha value is -3.94. The van der Waals surface area contributed by atoms with Gasteiger partial charge in [0, 0.05) is 48.7 Å². The van der Waals surface area contributed by atoms with Crippen LogP contribution < -0.4 is 10.6 Å². The number of amides is 1. The van der Waals surface area contributed by atoms with Gasteiger partial charge in [0.2, 0.25) is 0 Å². The minimum Gasteiger partial charge on any atom is -0.370 e. The smallest absolute Gasteiger partial charge is 0.251 e. The van der Waals surface area contributed by atoms with Gasteiger partial charge in [0.05, 0.1) is 16.8 Å². The van der Waals surface area contributed by atoms with Gasteiger partial charge in [0.1, 0.15) is 18.0 Å². The third kappa shape index (κ3) is 4.79. The molecule has 4 aromatic rings. The molecule has 33 heavy (non-hydrogen) atoms. The summed E-state index contributed by atoms with van der Waals surface area (Å²) in [5.74, 6) is 0.233. The van der Waals surface area contributed by atoms with Crippen LogP contribution in [0.25, 0.3) is 22.2 Å². The molecule has 3 aromatic heterocycles. The zero-order valence-electron chi connectivity index (χ0n) is 18.8. The number of hydrogen-bond acceptors (Lipinski definition) is 6. The molecule has 0 spiro atoms. The highest BCUT2D eigenvalue weighted by molar-refractivity contribution is 6.06. The van der Waals surface area contributed by atoms with Crippen molar-refractivity contribution in [2.75, 3.05) is 18.9 Å². The average Bonchev–Trinajstić information content (AvgIpc) is 2.85. The van der Waals surface area contributed by atoms with E-state index in [4.69, 9.17) is 0 Å². The van der Waals surface area contributed by atoms with Crippen molar-refractivity contribution in [3.63, 3.8) is 0 Å². The number of rotatable bonds is 7. The maximum absolute atomic E-state index is 14.5. The highest BCUT2D eigenvalue weighted by atomic mass is 19.1. The lowest BCUT2D eigenvalue weighted by atomic mass is 10.0. The van der Waals surface area contributed by atoms with Gasteiger partial charge in [-0.2, -0.15) is 0 Å². The van der Waals surface area contributed by atoms with Crippen LogP contribution in [0.15, 0.2) is 55.1 Å². The van der Waals surface area contributed by atoms with Crippen molar-refractivity contribution in [2.24, 2.45) is 0 Å². The van der Waals surface area contributed by atoms with E-state index in [1.165, 1.54) is 31.7 Å². The lowest BCUT2D eigenvalue weighted by Crippen LogP contribution is -2.18. The van der Waals surface area contributed by atoms with Crippen LogP contribution in [0.2, 0.25) is 0 Å². The van der Waals surface area contributed by atoms with E-state index in [2.05, 4.69) is 44.4 Å². The third-order valence-electron chi connectivity index (χ3n) is 5.44. The molecule has 0 fully saturated rings. The molecule has 1 aromatic carbocycles. The molecule has 168 valence electrons. The maximum Gasteiger partial charge on any atom is 0.251 e. The Labute approximate surface area is 191 Å². The second-order valence-corrected chi connectivity index (χ2v) is 7.96. The van der Waals surface area contributed by atoms with E-state index < -0.39 is 5.82 Å². The first-order chi connectivity index (χ1) is 16.0. The Morgan fingerprint density at radius 2 is 1.91 bits per heavy atom. The van der Waals surface area contributed by atoms with E-state index in [9.17, 15) is 9.18 Å². The van der Waals surface area contributed by atoms with Crippen molar-refractivity contribution in [1.82, 2.24) is 25.3 Å². The number of aromatic nitrogens is 4. The molecule has 0 radical (unpaired) electrons. The number of benzene rings is 1. The summed E-state index contributed by atoms with van der Waals surface area (Å²) in [5, 5.41) is 6.07. The minimum absolute atomic E-state index is 0.232. The number of nitrogens with zero attached hydrogens (tertiary/aromatic N) is 4. The normalized spacial score (nSPS) is 11.1. The molecule has 0 aliphatic heterocycles. The van der Waals surface area contributed by atoms with Crippen molar-refractivity contribution in [3.8, 4) is 11.3 Å². The molecule has 8 heteroatoms. The Morgan fingerprint density at radius 3 is 2.64 bits per heavy atom. The molecule has 0 saturated carbocycles. The molecule has 0 unspecified atom stereocenters. The van der Waals surface area contributed by atoms with Gasteiger partial charge >= 0.3 is 0 Å². The van der Waals surface area contributed by atoms with E-state index in [0.29, 0.717) is 30.2 Å². The third-order valence-corrected chi connectivity index (χ3v) is 5.44. The van der Waals surface area contributed by atoms with Crippen molar-refractivity contribution < 1.29 is 9.18 Å². The Bertz CT molecular complexity index is 1290. The number of fused-ring (bicyclic) bond motifs is 1. The molecule has 0 atom stereocenters. The average molecular weight is 445 g/mol. The largest absolute Gasteiger partial charge is 0.370 e. The van der Waals surface area contributed by atoms with E-state index in [0.717, 1.165) is 22.5 Å². The van der Waals surface area contributed by atoms with Crippen molar-refractivity contribution >= 4 is 22.6 Å². The van der Waals surface area contributed by atoms with Gasteiger partial charge in [-0.05, 0) is 42.2 Å². The summed E-state index contributed by atoms with van der Waals surface area (Å²) in [7, 11) is 1.52. The van der Waals surface area contributed by atoms with Crippen LogP contribution in [0, 0.1) is 5.82 Å². The Morgan fingerprint density at radius 1 is 1.06 bits per heavy atom. The molecular weight excluding hydrogens is 419 g/mol. The number of nitrogens with one attached hydrogen (secondary N) is 2. The van der Waals surface area contributed by atoms with Gasteiger partial charge in [-0.15, -0.1) is 0 Å². The second kappa shape index (κ2) is 9.68. The fourth-order valence-corrected chi connectivity index (χ4v) is 3.64. The number of halogens is 1. The maximum atomic E-state index is 14.5. The van der Waals surface area contributed by atoms with Crippen molar-refractivity contribution in [2.45, 2.75) is 26.2 Å². The van der Waals surface area contributed by atoms with E-state index >= 15 is 0 Å². The number of carbonyl (C=O) groups is 1. The summed E-state index contributed by atoms with van der Waals surface area (Å²) in [6, 6.07) is 10.5. The predicted octanol–water partition coefficient (Wildman–Crippen LogP) is 4.36. The standard InChI is InChI=1S/C25H25FN6O/c1-15(2)20-7-5-17(13-30-20)21-12-22(32-14-31-21)28-10-8-16-4-6-19(26)23-18(25(33)27-3)9-11-29-24(16)23/h4-7,9,11-15H,8,10H2,1-3H3,(H,27,33)(H,28,31,32). The fourth-order valence-electron chi connectivity index (χ4n) is 3.64. The lowest BCUT2D eigenvalue weighted by Gasteiger charge is -2.11. The topological polar surface area (TPSA) is 92.7 Å². The summed E-state index contributed by atoms with van der Waals surface area (Å²) in [6.45, 7) is 4.76. The highest BCUT2D eigenvalue weighted by Crippen LogP contribution is 2.25. The van der Waals surface area contributed by atoms with Crippen LogP contribution in [0.5, 0.6) is 0 Å². The first-order valence-electron chi connectivity index (χ1n) is 10.8. The van der Waals surface area contributed by atoms with Gasteiger partial charge in [0.25, 0.3) is 5.91 Å². The van der Waals surface area contributed by atoms with Crippen LogP contribution in [-0.4, -0.2) is 39.4 Å². The highest BCUT2D eigenvalue weighted by Gasteiger charge is 2.15. The monoisotopic (exact) mass is 444 g/mol. The fraction of sp³-hybridized carbons (Fsp3) is 0.240. The molecular formula is C25H25FN6O. The minimum atomic E-state index is -0.467. The Kier molecular flexibility index (Phi) is 6.53. The SMILES string of the molecule is CNC(=O)c1ccnc2c(CCNc3cc(-c4ccc(C(C)C)nc4)ncn3)ccc(F)c12. The van der Waals surface area contributed by atoms with Crippen molar-refractivity contribution in [1.29, 1.82) is 0 Å². The zero-order chi connectivity index (χ0) is 23.4. The summed E-state index contributed by atoms with van der Waals surface area (Å²) in [5.41, 5.74) is 4.32. The van der Waals surface area contributed by atoms with Crippen LogP contribution in [0.1, 0.15) is 41.4 Å². The molecule has 3 heterocycles. The van der Waals surface area contributed by atoms with Crippen LogP contribution in [-0.2, 0) is 6.42 Å². The van der Waals surface area contributed by atoms with Gasteiger partial charge in [-0.25, -0.2) is 14.4 Å². The molecule has 0 bridgehead atoms. The predicted molar refractivity (Wildman–Crippen MR) is 127 cm³/mol. The number of anilines is 1. The van der Waals surface area contributed by atoms with Gasteiger partial charge in [-0.3, -0.25) is 14.8 Å². The molecule has 0 saturated heterocycles. The van der Waals surface area contributed by atoms with Crippen LogP contribution in [0.3, 0.4) is 0 Å². The van der Waals surface area contributed by atoms with E-state index in [-0.39, 0.29) is 16.9 Å². The Balaban J connectivity index is 1.51. The van der Waals surface area contributed by atoms with E-state index in [1.54, 1.807) is 6.07 Å². The van der Waals surface area contributed by atoms with Gasteiger partial charge in [-0.1, -0.05) is 19.9 Å². The number of hydrogen-bond donors (Lipinski definition) is 2. The van der Waals surface area contributed by atoms with E-state index in [1.807, 2.05) is 24.4 Å². The van der Waals surface area contributed by atoms with Crippen molar-refractivity contribution in [3.05, 3.63) is 77.8 Å². The number of pyridine rings is 2. The zero-order valence-corrected chi connectivity index (χ0v) is 18.8. The first kappa shape index (κ1) is 22.3. The molecule has 0 aliphatic rings. The summed E-state index contributed by atoms with van der Waals surface area (Å²) in [4.78, 5) is 29.6. The molecule has 2 N–H and O–H groups in total. The van der Waals surface area contributed by atoms with Gasteiger partial charge in [0.15, 0.2) is 0 Å².